The number of nitrogens with zero attached hydrogens (tertiary/aromatic N) is 6. The van der Waals surface area contributed by atoms with E-state index in [0.29, 0.717) is 47.2 Å². The number of hydrogen-bond acceptors (Lipinski definition) is 9. The van der Waals surface area contributed by atoms with Crippen molar-refractivity contribution in [3.05, 3.63) is 119 Å². The first-order valence-corrected chi connectivity index (χ1v) is 23.3. The normalized spacial score (nSPS) is 19.5. The van der Waals surface area contributed by atoms with Crippen LogP contribution in [0.2, 0.25) is 0 Å². The Morgan fingerprint density at radius 3 is 2.49 bits per heavy atom. The van der Waals surface area contributed by atoms with Crippen LogP contribution in [0.5, 0.6) is 0 Å². The van der Waals surface area contributed by atoms with Crippen LogP contribution >= 0.6 is 0 Å². The van der Waals surface area contributed by atoms with Gasteiger partial charge in [0, 0.05) is 111 Å². The predicted molar refractivity (Wildman–Crippen MR) is 243 cm³/mol. The lowest BCUT2D eigenvalue weighted by molar-refractivity contribution is -0.126. The Bertz CT molecular complexity index is 2800. The van der Waals surface area contributed by atoms with Gasteiger partial charge in [0.15, 0.2) is 5.82 Å². The van der Waals surface area contributed by atoms with Crippen molar-refractivity contribution in [3.63, 3.8) is 0 Å². The van der Waals surface area contributed by atoms with E-state index >= 15 is 8.78 Å². The number of unbranched alkanes of at least 4 members (excludes halogenated alkanes) is 1. The number of rotatable bonds is 14. The van der Waals surface area contributed by atoms with Gasteiger partial charge in [-0.15, -0.1) is 0 Å². The number of ketones is 1. The molecule has 6 heterocycles. The van der Waals surface area contributed by atoms with Gasteiger partial charge in [-0.1, -0.05) is 18.7 Å². The number of hydrogen-bond donors (Lipinski definition) is 3. The van der Waals surface area contributed by atoms with Gasteiger partial charge in [-0.05, 0) is 98.3 Å². The molecule has 3 fully saturated rings. The lowest BCUT2D eigenvalue weighted by Gasteiger charge is -2.36. The van der Waals surface area contributed by atoms with Crippen molar-refractivity contribution in [2.75, 3.05) is 73.9 Å². The number of pyridine rings is 1. The average Bonchev–Trinajstić information content (AvgIpc) is 4.03. The van der Waals surface area contributed by atoms with Gasteiger partial charge in [-0.25, -0.2) is 18.2 Å². The molecule has 9 rings (SSSR count). The molecule has 5 aromatic rings. The van der Waals surface area contributed by atoms with Crippen molar-refractivity contribution in [2.24, 2.45) is 0 Å². The molecule has 0 radical (unpaired) electrons. The minimum Gasteiger partial charge on any atom is -0.375 e. The molecule has 4 aliphatic heterocycles. The zero-order valence-electron chi connectivity index (χ0n) is 36.0. The van der Waals surface area contributed by atoms with Crippen LogP contribution in [0.3, 0.4) is 0 Å². The number of piperazine rings is 1. The number of aromatic amines is 1. The molecule has 65 heavy (non-hydrogen) atoms. The number of anilines is 3. The largest absolute Gasteiger partial charge is 0.375 e. The fourth-order valence-corrected chi connectivity index (χ4v) is 10.5. The minimum absolute atomic E-state index is 0.00552. The summed E-state index contributed by atoms with van der Waals surface area (Å²) in [7, 11) is -2.28. The van der Waals surface area contributed by atoms with E-state index in [4.69, 9.17) is 0 Å². The number of carbonyl (C=O) groups is 3. The molecule has 340 valence electrons. The second kappa shape index (κ2) is 18.0. The summed E-state index contributed by atoms with van der Waals surface area (Å²) >= 11 is 0. The Morgan fingerprint density at radius 1 is 0.969 bits per heavy atom. The fraction of sp³-hybridized carbons (Fsp3) is 0.362. The molecule has 4 aliphatic rings. The first-order chi connectivity index (χ1) is 31.2. The van der Waals surface area contributed by atoms with Crippen LogP contribution in [0, 0.1) is 11.6 Å². The summed E-state index contributed by atoms with van der Waals surface area (Å²) in [6.45, 7) is 9.27. The van der Waals surface area contributed by atoms with E-state index in [2.05, 4.69) is 49.7 Å². The van der Waals surface area contributed by atoms with Gasteiger partial charge in [0.25, 0.3) is 5.91 Å². The number of fused-ring (bicyclic) bond motifs is 2. The molecule has 3 saturated heterocycles. The van der Waals surface area contributed by atoms with E-state index in [1.54, 1.807) is 17.2 Å². The Hall–Kier alpha value is -6.24. The molecular formula is C47H50F3N9O5S. The van der Waals surface area contributed by atoms with Gasteiger partial charge in [0.1, 0.15) is 23.7 Å². The van der Waals surface area contributed by atoms with Gasteiger partial charge in [-0.3, -0.25) is 24.0 Å². The second-order valence-electron chi connectivity index (χ2n) is 17.2. The standard InChI is InChI=1S/C47H50F3N9O5S/c1-29-5-14-41(46(61)53-29)59-27-32-23-35(10-11-36(32)47(59)62)55(2)16-3-4-17-56-19-21-57(22-20-56)34-8-6-30(7-9-34)31-24-37-38(26-52-45(37)51-25-31)44(60)42-39(49)12-13-40(43(42)50)54-65(63,64)58-18-15-33(48)28-58/h6-13,23-26,33,41,54H,1,3-5,14-22,27-28H2,2H3,(H,51,52)(H,53,61)/t33-,41?/m1/s1. The van der Waals surface area contributed by atoms with Crippen LogP contribution in [-0.4, -0.2) is 122 Å². The second-order valence-corrected chi connectivity index (χ2v) is 18.9. The number of alkyl halides is 1. The van der Waals surface area contributed by atoms with Gasteiger partial charge in [0.05, 0.1) is 11.3 Å². The van der Waals surface area contributed by atoms with Crippen molar-refractivity contribution in [1.29, 1.82) is 0 Å². The third-order valence-corrected chi connectivity index (χ3v) is 14.5. The average molecular weight is 910 g/mol. The zero-order chi connectivity index (χ0) is 45.6. The topological polar surface area (TPSA) is 154 Å². The third kappa shape index (κ3) is 8.94. The van der Waals surface area contributed by atoms with Crippen molar-refractivity contribution >= 4 is 55.9 Å². The maximum atomic E-state index is 15.7. The molecule has 0 saturated carbocycles. The number of aromatic nitrogens is 2. The smallest absolute Gasteiger partial charge is 0.301 e. The Morgan fingerprint density at radius 2 is 1.75 bits per heavy atom. The number of halogens is 3. The molecule has 0 spiro atoms. The van der Waals surface area contributed by atoms with Crippen LogP contribution in [0.15, 0.2) is 85.3 Å². The SMILES string of the molecule is C=C1CCC(N2Cc3cc(N(C)CCCCN4CCN(c5ccc(-c6cnc7[nH]cc(C(=O)c8c(F)ccc(NS(=O)(=O)N9CC[C@@H](F)C9)c8F)c7c6)cc5)CC4)ccc3C2=O)C(=O)N1. The van der Waals surface area contributed by atoms with Crippen LogP contribution in [0.1, 0.15) is 63.9 Å². The molecule has 3 N–H and O–H groups in total. The van der Waals surface area contributed by atoms with Gasteiger partial charge < -0.3 is 25.0 Å². The molecule has 14 nitrogen and oxygen atoms in total. The number of benzene rings is 3. The van der Waals surface area contributed by atoms with Crippen molar-refractivity contribution in [2.45, 2.75) is 50.9 Å². The van der Waals surface area contributed by atoms with Gasteiger partial charge >= 0.3 is 10.2 Å². The molecule has 2 amide bonds. The summed E-state index contributed by atoms with van der Waals surface area (Å²) in [5, 5.41) is 3.13. The maximum absolute atomic E-state index is 15.7. The van der Waals surface area contributed by atoms with Gasteiger partial charge in [-0.2, -0.15) is 12.7 Å². The number of allylic oxidation sites excluding steroid dienone is 1. The summed E-state index contributed by atoms with van der Waals surface area (Å²) in [4.78, 5) is 55.5. The van der Waals surface area contributed by atoms with E-state index < -0.39 is 51.1 Å². The third-order valence-electron chi connectivity index (χ3n) is 13.0. The number of carbonyl (C=O) groups excluding carboxylic acids is 3. The number of amides is 2. The van der Waals surface area contributed by atoms with Crippen molar-refractivity contribution in [3.8, 4) is 11.1 Å². The van der Waals surface area contributed by atoms with Crippen LogP contribution < -0.4 is 19.8 Å². The monoisotopic (exact) mass is 909 g/mol. The highest BCUT2D eigenvalue weighted by Crippen LogP contribution is 2.33. The van der Waals surface area contributed by atoms with Crippen LogP contribution in [0.25, 0.3) is 22.2 Å². The molecule has 3 aromatic carbocycles. The van der Waals surface area contributed by atoms with Crippen LogP contribution in [0.4, 0.5) is 30.2 Å². The van der Waals surface area contributed by atoms with E-state index in [9.17, 15) is 27.2 Å². The fourth-order valence-electron chi connectivity index (χ4n) is 9.22. The Labute approximate surface area is 375 Å². The zero-order valence-corrected chi connectivity index (χ0v) is 36.8. The lowest BCUT2D eigenvalue weighted by atomic mass is 9.99. The van der Waals surface area contributed by atoms with Crippen LogP contribution in [-0.2, 0) is 21.5 Å². The van der Waals surface area contributed by atoms with E-state index in [1.165, 1.54) is 6.20 Å². The molecular weight excluding hydrogens is 860 g/mol. The highest BCUT2D eigenvalue weighted by Gasteiger charge is 2.38. The van der Waals surface area contributed by atoms with Gasteiger partial charge in [0.2, 0.25) is 11.7 Å². The minimum atomic E-state index is -4.35. The highest BCUT2D eigenvalue weighted by molar-refractivity contribution is 7.90. The molecule has 2 aromatic heterocycles. The maximum Gasteiger partial charge on any atom is 0.301 e. The molecule has 1 unspecified atom stereocenters. The number of nitrogens with one attached hydrogen (secondary N) is 3. The predicted octanol–water partition coefficient (Wildman–Crippen LogP) is 6.23. The quantitative estimate of drug-likeness (QED) is 0.0870. The van der Waals surface area contributed by atoms with Crippen molar-refractivity contribution in [1.82, 2.24) is 29.4 Å². The lowest BCUT2D eigenvalue weighted by Crippen LogP contribution is -2.49. The first-order valence-electron chi connectivity index (χ1n) is 21.9. The molecule has 18 heteroatoms. The summed E-state index contributed by atoms with van der Waals surface area (Å²) < 4.78 is 73.1. The first kappa shape index (κ1) is 44.0. The molecule has 0 aliphatic carbocycles. The molecule has 0 bridgehead atoms. The summed E-state index contributed by atoms with van der Waals surface area (Å²) in [6.07, 6.45) is 4.94. The molecule has 2 atom stereocenters. The number of H-pyrrole nitrogens is 1. The summed E-state index contributed by atoms with van der Waals surface area (Å²) in [6, 6.07) is 16.9. The highest BCUT2D eigenvalue weighted by atomic mass is 32.2. The summed E-state index contributed by atoms with van der Waals surface area (Å²) in [5.41, 5.74) is 4.67. The Kier molecular flexibility index (Phi) is 12.2. The van der Waals surface area contributed by atoms with E-state index in [0.717, 1.165) is 91.0 Å². The van der Waals surface area contributed by atoms with Crippen molar-refractivity contribution < 1.29 is 36.0 Å². The summed E-state index contributed by atoms with van der Waals surface area (Å²) in [5.74, 6) is -3.81. The Balaban J connectivity index is 0.767. The number of piperidine rings is 1. The van der Waals surface area contributed by atoms with E-state index in [-0.39, 0.29) is 36.9 Å². The van der Waals surface area contributed by atoms with E-state index in [1.807, 2.05) is 41.1 Å².